The van der Waals surface area contributed by atoms with Crippen molar-refractivity contribution in [2.75, 3.05) is 22.9 Å². The fourth-order valence-electron chi connectivity index (χ4n) is 2.41. The van der Waals surface area contributed by atoms with Gasteiger partial charge >= 0.3 is 0 Å². The molecule has 2 N–H and O–H groups in total. The van der Waals surface area contributed by atoms with E-state index in [0.29, 0.717) is 11.4 Å². The Morgan fingerprint density at radius 3 is 2.40 bits per heavy atom. The molecule has 30 heavy (non-hydrogen) atoms. The third kappa shape index (κ3) is 5.94. The molecule has 2 aromatic carbocycles. The van der Waals surface area contributed by atoms with Gasteiger partial charge in [0.15, 0.2) is 0 Å². The monoisotopic (exact) mass is 444 g/mol. The van der Waals surface area contributed by atoms with Gasteiger partial charge in [0.25, 0.3) is 10.0 Å². The SMILES string of the molecule is COc1ccc(SCC(=O)Nc2ccc(S(=O)(=O)Nc3nccc(C)n3)cc2)cc1. The molecule has 0 saturated heterocycles. The van der Waals surface area contributed by atoms with E-state index in [2.05, 4.69) is 20.0 Å². The van der Waals surface area contributed by atoms with Crippen LogP contribution >= 0.6 is 11.8 Å². The Bertz CT molecular complexity index is 1120. The van der Waals surface area contributed by atoms with Crippen LogP contribution in [0.1, 0.15) is 5.69 Å². The van der Waals surface area contributed by atoms with Crippen LogP contribution in [0.4, 0.5) is 11.6 Å². The fourth-order valence-corrected chi connectivity index (χ4v) is 4.06. The number of hydrogen-bond donors (Lipinski definition) is 2. The third-order valence-electron chi connectivity index (χ3n) is 3.90. The van der Waals surface area contributed by atoms with Crippen LogP contribution in [0.25, 0.3) is 0 Å². The summed E-state index contributed by atoms with van der Waals surface area (Å²) in [5.41, 5.74) is 1.15. The second-order valence-corrected chi connectivity index (χ2v) is 8.90. The number of aryl methyl sites for hydroxylation is 1. The van der Waals surface area contributed by atoms with Gasteiger partial charge in [-0.1, -0.05) is 0 Å². The van der Waals surface area contributed by atoms with Gasteiger partial charge < -0.3 is 10.1 Å². The molecule has 0 fully saturated rings. The number of benzene rings is 2. The van der Waals surface area contributed by atoms with Gasteiger partial charge in [0, 0.05) is 22.5 Å². The zero-order chi connectivity index (χ0) is 21.6. The number of nitrogens with one attached hydrogen (secondary N) is 2. The number of anilines is 2. The molecule has 3 rings (SSSR count). The molecule has 0 aliphatic carbocycles. The lowest BCUT2D eigenvalue weighted by Gasteiger charge is -2.09. The molecule has 3 aromatic rings. The highest BCUT2D eigenvalue weighted by molar-refractivity contribution is 8.00. The van der Waals surface area contributed by atoms with Crippen molar-refractivity contribution in [1.82, 2.24) is 9.97 Å². The zero-order valence-corrected chi connectivity index (χ0v) is 18.0. The van der Waals surface area contributed by atoms with E-state index in [-0.39, 0.29) is 22.5 Å². The minimum atomic E-state index is -3.83. The van der Waals surface area contributed by atoms with Crippen LogP contribution in [0, 0.1) is 6.92 Å². The maximum absolute atomic E-state index is 12.5. The van der Waals surface area contributed by atoms with Crippen molar-refractivity contribution in [3.63, 3.8) is 0 Å². The second-order valence-electron chi connectivity index (χ2n) is 6.16. The molecule has 10 heteroatoms. The third-order valence-corrected chi connectivity index (χ3v) is 6.25. The van der Waals surface area contributed by atoms with Crippen molar-refractivity contribution in [2.24, 2.45) is 0 Å². The quantitative estimate of drug-likeness (QED) is 0.513. The molecule has 0 bridgehead atoms. The summed E-state index contributed by atoms with van der Waals surface area (Å²) in [6, 6.07) is 15.0. The molecule has 1 aromatic heterocycles. The number of hydrogen-bond acceptors (Lipinski definition) is 7. The number of rotatable bonds is 8. The van der Waals surface area contributed by atoms with Crippen LogP contribution in [0.15, 0.2) is 70.6 Å². The Hall–Kier alpha value is -3.11. The summed E-state index contributed by atoms with van der Waals surface area (Å²) in [6.45, 7) is 1.74. The van der Waals surface area contributed by atoms with E-state index in [1.165, 1.54) is 42.2 Å². The minimum Gasteiger partial charge on any atom is -0.497 e. The lowest BCUT2D eigenvalue weighted by atomic mass is 10.3. The van der Waals surface area contributed by atoms with E-state index < -0.39 is 10.0 Å². The van der Waals surface area contributed by atoms with Crippen molar-refractivity contribution in [1.29, 1.82) is 0 Å². The van der Waals surface area contributed by atoms with E-state index in [9.17, 15) is 13.2 Å². The number of sulfonamides is 1. The summed E-state index contributed by atoms with van der Waals surface area (Å²) in [7, 11) is -2.23. The number of ether oxygens (including phenoxy) is 1. The molecule has 0 aliphatic heterocycles. The van der Waals surface area contributed by atoms with Gasteiger partial charge in [0.1, 0.15) is 5.75 Å². The largest absolute Gasteiger partial charge is 0.497 e. The Labute approximate surface area is 179 Å². The summed E-state index contributed by atoms with van der Waals surface area (Å²) in [6.07, 6.45) is 1.47. The molecular weight excluding hydrogens is 424 g/mol. The van der Waals surface area contributed by atoms with Gasteiger partial charge in [-0.15, -0.1) is 11.8 Å². The summed E-state index contributed by atoms with van der Waals surface area (Å²) >= 11 is 1.39. The average Bonchev–Trinajstić information content (AvgIpc) is 2.73. The highest BCUT2D eigenvalue weighted by Crippen LogP contribution is 2.22. The Kier molecular flexibility index (Phi) is 6.91. The second kappa shape index (κ2) is 9.59. The first-order chi connectivity index (χ1) is 14.4. The highest BCUT2D eigenvalue weighted by atomic mass is 32.2. The average molecular weight is 445 g/mol. The standard InChI is InChI=1S/C20H20N4O4S2/c1-14-11-12-21-20(22-14)24-30(26,27)18-9-3-15(4-10-18)23-19(25)13-29-17-7-5-16(28-2)6-8-17/h3-12H,13H2,1-2H3,(H,23,25)(H,21,22,24). The minimum absolute atomic E-state index is 0.00272. The molecule has 1 heterocycles. The summed E-state index contributed by atoms with van der Waals surface area (Å²) in [4.78, 5) is 21.1. The molecule has 156 valence electrons. The Morgan fingerprint density at radius 2 is 1.77 bits per heavy atom. The molecule has 0 saturated carbocycles. The van der Waals surface area contributed by atoms with Crippen molar-refractivity contribution in [3.8, 4) is 5.75 Å². The first kappa shape index (κ1) is 21.6. The number of methoxy groups -OCH3 is 1. The van der Waals surface area contributed by atoms with Crippen LogP contribution in [-0.4, -0.2) is 37.2 Å². The normalized spacial score (nSPS) is 11.0. The lowest BCUT2D eigenvalue weighted by molar-refractivity contribution is -0.113. The van der Waals surface area contributed by atoms with Gasteiger partial charge in [-0.3, -0.25) is 4.79 Å². The summed E-state index contributed by atoms with van der Waals surface area (Å²) < 4.78 is 32.4. The van der Waals surface area contributed by atoms with Gasteiger partial charge in [-0.25, -0.2) is 23.1 Å². The highest BCUT2D eigenvalue weighted by Gasteiger charge is 2.16. The van der Waals surface area contributed by atoms with Gasteiger partial charge in [0.05, 0.1) is 17.8 Å². The van der Waals surface area contributed by atoms with Crippen LogP contribution in [-0.2, 0) is 14.8 Å². The van der Waals surface area contributed by atoms with Crippen LogP contribution in [0.2, 0.25) is 0 Å². The number of carbonyl (C=O) groups excluding carboxylic acids is 1. The molecule has 0 atom stereocenters. The molecule has 0 spiro atoms. The number of carbonyl (C=O) groups is 1. The van der Waals surface area contributed by atoms with Crippen LogP contribution < -0.4 is 14.8 Å². The topological polar surface area (TPSA) is 110 Å². The van der Waals surface area contributed by atoms with E-state index in [0.717, 1.165) is 10.6 Å². The first-order valence-electron chi connectivity index (χ1n) is 8.85. The van der Waals surface area contributed by atoms with Crippen molar-refractivity contribution >= 4 is 39.3 Å². The number of thioether (sulfide) groups is 1. The predicted molar refractivity (Wildman–Crippen MR) is 116 cm³/mol. The van der Waals surface area contributed by atoms with Crippen LogP contribution in [0.5, 0.6) is 5.75 Å². The Balaban J connectivity index is 1.57. The molecule has 1 amide bonds. The smallest absolute Gasteiger partial charge is 0.264 e. The molecular formula is C20H20N4O4S2. The molecule has 0 unspecified atom stereocenters. The maximum atomic E-state index is 12.5. The van der Waals surface area contributed by atoms with E-state index in [1.807, 2.05) is 24.3 Å². The fraction of sp³-hybridized carbons (Fsp3) is 0.150. The molecule has 0 radical (unpaired) electrons. The predicted octanol–water partition coefficient (Wildman–Crippen LogP) is 3.33. The number of amides is 1. The van der Waals surface area contributed by atoms with Crippen molar-refractivity contribution in [3.05, 3.63) is 66.5 Å². The van der Waals surface area contributed by atoms with E-state index >= 15 is 0 Å². The van der Waals surface area contributed by atoms with Crippen LogP contribution in [0.3, 0.4) is 0 Å². The lowest BCUT2D eigenvalue weighted by Crippen LogP contribution is -2.16. The van der Waals surface area contributed by atoms with Gasteiger partial charge in [0.2, 0.25) is 11.9 Å². The zero-order valence-electron chi connectivity index (χ0n) is 16.3. The summed E-state index contributed by atoms with van der Waals surface area (Å²) in [5, 5.41) is 2.75. The Morgan fingerprint density at radius 1 is 1.07 bits per heavy atom. The molecule has 8 nitrogen and oxygen atoms in total. The first-order valence-corrected chi connectivity index (χ1v) is 11.3. The number of nitrogens with zero attached hydrogens (tertiary/aromatic N) is 2. The van der Waals surface area contributed by atoms with Gasteiger partial charge in [-0.05, 0) is 61.5 Å². The molecule has 0 aliphatic rings. The van der Waals surface area contributed by atoms with Crippen molar-refractivity contribution < 1.29 is 17.9 Å². The van der Waals surface area contributed by atoms with E-state index in [1.54, 1.807) is 20.1 Å². The summed E-state index contributed by atoms with van der Waals surface area (Å²) in [5.74, 6) is 0.779. The maximum Gasteiger partial charge on any atom is 0.264 e. The van der Waals surface area contributed by atoms with E-state index in [4.69, 9.17) is 4.74 Å². The van der Waals surface area contributed by atoms with Gasteiger partial charge in [-0.2, -0.15) is 0 Å². The van der Waals surface area contributed by atoms with Crippen molar-refractivity contribution in [2.45, 2.75) is 16.7 Å². The number of aromatic nitrogens is 2.